The first-order valence-corrected chi connectivity index (χ1v) is 5.42. The molecule has 15 heavy (non-hydrogen) atoms. The summed E-state index contributed by atoms with van der Waals surface area (Å²) in [6.45, 7) is 7.59. The fourth-order valence-electron chi connectivity index (χ4n) is 1.97. The van der Waals surface area contributed by atoms with Crippen molar-refractivity contribution in [2.75, 3.05) is 13.1 Å². The molecule has 3 heteroatoms. The number of hydrogen-bond donors (Lipinski definition) is 1. The Labute approximate surface area is 91.6 Å². The third kappa shape index (κ3) is 3.56. The Hall–Kier alpha value is -1.01. The maximum absolute atomic E-state index is 11.3. The molecule has 1 aliphatic rings. The van der Waals surface area contributed by atoms with Crippen LogP contribution >= 0.6 is 0 Å². The van der Waals surface area contributed by atoms with Crippen LogP contribution < -0.4 is 5.32 Å². The van der Waals surface area contributed by atoms with E-state index >= 15 is 0 Å². The van der Waals surface area contributed by atoms with Crippen LogP contribution in [0, 0.1) is 17.8 Å². The predicted molar refractivity (Wildman–Crippen MR) is 59.2 cm³/mol. The zero-order chi connectivity index (χ0) is 11.3. The zero-order valence-corrected chi connectivity index (χ0v) is 9.72. The van der Waals surface area contributed by atoms with E-state index in [4.69, 9.17) is 4.74 Å². The highest BCUT2D eigenvalue weighted by Gasteiger charge is 2.33. The van der Waals surface area contributed by atoms with Gasteiger partial charge in [-0.3, -0.25) is 0 Å². The minimum Gasteiger partial charge on any atom is -0.450 e. The quantitative estimate of drug-likeness (QED) is 0.423. The van der Waals surface area contributed by atoms with Crippen LogP contribution in [0.1, 0.15) is 33.6 Å². The molecular weight excluding hydrogens is 190 g/mol. The van der Waals surface area contributed by atoms with Gasteiger partial charge in [0.25, 0.3) is 0 Å². The molecule has 0 amide bonds. The Bertz CT molecular complexity index is 280. The summed E-state index contributed by atoms with van der Waals surface area (Å²) in [6, 6.07) is 0. The highest BCUT2D eigenvalue weighted by Crippen LogP contribution is 2.28. The van der Waals surface area contributed by atoms with E-state index in [1.165, 1.54) is 0 Å². The van der Waals surface area contributed by atoms with E-state index in [2.05, 4.69) is 17.2 Å². The van der Waals surface area contributed by atoms with Gasteiger partial charge in [0.2, 0.25) is 0 Å². The molecule has 0 aromatic rings. The zero-order valence-electron chi connectivity index (χ0n) is 9.72. The minimum atomic E-state index is -0.416. The molecule has 0 unspecified atom stereocenters. The lowest BCUT2D eigenvalue weighted by Gasteiger charge is -2.36. The molecule has 1 aliphatic heterocycles. The average Bonchev–Trinajstić information content (AvgIpc) is 2.18. The van der Waals surface area contributed by atoms with Crippen LogP contribution in [0.4, 0.5) is 0 Å². The van der Waals surface area contributed by atoms with Crippen molar-refractivity contribution in [3.63, 3.8) is 0 Å². The van der Waals surface area contributed by atoms with Gasteiger partial charge in [-0.2, -0.15) is 0 Å². The SMILES string of the molecule is CC#CC(=O)OC(C)(C)C1CCNCC1. The Morgan fingerprint density at radius 3 is 2.53 bits per heavy atom. The maximum atomic E-state index is 11.3. The van der Waals surface area contributed by atoms with E-state index in [9.17, 15) is 4.79 Å². The number of rotatable bonds is 2. The number of esters is 1. The van der Waals surface area contributed by atoms with Crippen LogP contribution in [0.15, 0.2) is 0 Å². The second-order valence-electron chi connectivity index (χ2n) is 4.39. The summed E-state index contributed by atoms with van der Waals surface area (Å²) in [5, 5.41) is 3.30. The Balaban J connectivity index is 2.55. The van der Waals surface area contributed by atoms with Crippen LogP contribution in [0.25, 0.3) is 0 Å². The van der Waals surface area contributed by atoms with Gasteiger partial charge in [-0.1, -0.05) is 5.92 Å². The van der Waals surface area contributed by atoms with E-state index in [1.54, 1.807) is 6.92 Å². The number of nitrogens with one attached hydrogen (secondary N) is 1. The number of carbonyl (C=O) groups is 1. The lowest BCUT2D eigenvalue weighted by molar-refractivity contribution is -0.155. The number of ether oxygens (including phenoxy) is 1. The maximum Gasteiger partial charge on any atom is 0.384 e. The number of carbonyl (C=O) groups excluding carboxylic acids is 1. The monoisotopic (exact) mass is 209 g/mol. The van der Waals surface area contributed by atoms with Crippen molar-refractivity contribution in [2.45, 2.75) is 39.2 Å². The summed E-state index contributed by atoms with van der Waals surface area (Å²) in [4.78, 5) is 11.3. The first kappa shape index (κ1) is 12.1. The summed E-state index contributed by atoms with van der Waals surface area (Å²) in [6.07, 6.45) is 2.11. The van der Waals surface area contributed by atoms with Gasteiger partial charge in [-0.15, -0.1) is 0 Å². The minimum absolute atomic E-state index is 0.400. The van der Waals surface area contributed by atoms with Crippen molar-refractivity contribution in [3.8, 4) is 11.8 Å². The molecule has 0 aromatic carbocycles. The third-order valence-corrected chi connectivity index (χ3v) is 2.91. The van der Waals surface area contributed by atoms with Crippen molar-refractivity contribution in [2.24, 2.45) is 5.92 Å². The van der Waals surface area contributed by atoms with Crippen LogP contribution in [0.5, 0.6) is 0 Å². The standard InChI is InChI=1S/C12H19NO2/c1-4-5-11(14)15-12(2,3)10-6-8-13-9-7-10/h10,13H,6-9H2,1-3H3. The molecule has 1 rings (SSSR count). The second-order valence-corrected chi connectivity index (χ2v) is 4.39. The van der Waals surface area contributed by atoms with Crippen LogP contribution in [0.2, 0.25) is 0 Å². The Kier molecular flexibility index (Phi) is 4.16. The van der Waals surface area contributed by atoms with Crippen molar-refractivity contribution >= 4 is 5.97 Å². The summed E-state index contributed by atoms with van der Waals surface area (Å²) < 4.78 is 5.38. The molecule has 0 saturated carbocycles. The Morgan fingerprint density at radius 2 is 2.00 bits per heavy atom. The lowest BCUT2D eigenvalue weighted by Crippen LogP contribution is -2.42. The predicted octanol–water partition coefficient (Wildman–Crippen LogP) is 1.33. The van der Waals surface area contributed by atoms with Gasteiger partial charge in [0, 0.05) is 11.8 Å². The fraction of sp³-hybridized carbons (Fsp3) is 0.750. The molecule has 0 aliphatic carbocycles. The smallest absolute Gasteiger partial charge is 0.384 e. The molecule has 0 aromatic heterocycles. The molecule has 0 bridgehead atoms. The van der Waals surface area contributed by atoms with Gasteiger partial charge in [0.15, 0.2) is 0 Å². The molecule has 1 heterocycles. The first-order valence-electron chi connectivity index (χ1n) is 5.42. The second kappa shape index (κ2) is 5.18. The molecule has 0 atom stereocenters. The van der Waals surface area contributed by atoms with Gasteiger partial charge in [-0.05, 0) is 46.7 Å². The summed E-state index contributed by atoms with van der Waals surface area (Å²) in [5.74, 6) is 4.99. The van der Waals surface area contributed by atoms with Crippen LogP contribution in [-0.2, 0) is 9.53 Å². The number of hydrogen-bond acceptors (Lipinski definition) is 3. The molecule has 1 fully saturated rings. The fourth-order valence-corrected chi connectivity index (χ4v) is 1.97. The Morgan fingerprint density at radius 1 is 1.40 bits per heavy atom. The van der Waals surface area contributed by atoms with Crippen molar-refractivity contribution in [1.29, 1.82) is 0 Å². The lowest BCUT2D eigenvalue weighted by atomic mass is 9.83. The molecule has 1 N–H and O–H groups in total. The molecular formula is C12H19NO2. The highest BCUT2D eigenvalue weighted by molar-refractivity contribution is 5.88. The largest absolute Gasteiger partial charge is 0.450 e. The topological polar surface area (TPSA) is 38.3 Å². The van der Waals surface area contributed by atoms with Gasteiger partial charge >= 0.3 is 5.97 Å². The van der Waals surface area contributed by atoms with E-state index < -0.39 is 11.6 Å². The normalized spacial score (nSPS) is 17.8. The van der Waals surface area contributed by atoms with E-state index in [0.29, 0.717) is 5.92 Å². The average molecular weight is 209 g/mol. The van der Waals surface area contributed by atoms with Crippen molar-refractivity contribution < 1.29 is 9.53 Å². The third-order valence-electron chi connectivity index (χ3n) is 2.91. The van der Waals surface area contributed by atoms with E-state index in [1.807, 2.05) is 13.8 Å². The first-order chi connectivity index (χ1) is 7.06. The van der Waals surface area contributed by atoms with Crippen molar-refractivity contribution in [3.05, 3.63) is 0 Å². The summed E-state index contributed by atoms with van der Waals surface area (Å²) >= 11 is 0. The van der Waals surface area contributed by atoms with Gasteiger partial charge in [0.1, 0.15) is 5.60 Å². The van der Waals surface area contributed by atoms with Crippen LogP contribution in [0.3, 0.4) is 0 Å². The van der Waals surface area contributed by atoms with Gasteiger partial charge < -0.3 is 10.1 Å². The summed E-state index contributed by atoms with van der Waals surface area (Å²) in [5.41, 5.74) is -0.400. The van der Waals surface area contributed by atoms with E-state index in [-0.39, 0.29) is 0 Å². The van der Waals surface area contributed by atoms with Crippen LogP contribution in [-0.4, -0.2) is 24.7 Å². The summed E-state index contributed by atoms with van der Waals surface area (Å²) in [7, 11) is 0. The van der Waals surface area contributed by atoms with E-state index in [0.717, 1.165) is 25.9 Å². The molecule has 1 saturated heterocycles. The van der Waals surface area contributed by atoms with Crippen molar-refractivity contribution in [1.82, 2.24) is 5.32 Å². The van der Waals surface area contributed by atoms with Gasteiger partial charge in [-0.25, -0.2) is 4.79 Å². The molecule has 84 valence electrons. The molecule has 0 spiro atoms. The molecule has 0 radical (unpaired) electrons. The number of piperidine rings is 1. The molecule has 3 nitrogen and oxygen atoms in total. The highest BCUT2D eigenvalue weighted by atomic mass is 16.6. The van der Waals surface area contributed by atoms with Gasteiger partial charge in [0.05, 0.1) is 0 Å².